The minimum absolute atomic E-state index is 0.204. The zero-order valence-corrected chi connectivity index (χ0v) is 44.5. The maximum absolute atomic E-state index is 14.8. The molecular weight excluding hydrogens is 981 g/mol. The lowest BCUT2D eigenvalue weighted by Crippen LogP contribution is -2.37. The average Bonchev–Trinajstić information content (AvgIpc) is 3.97. The summed E-state index contributed by atoms with van der Waals surface area (Å²) in [7, 11) is 0. The number of alkyl halides is 3. The monoisotopic (exact) mass is 1040 g/mol. The molecule has 9 heteroatoms. The molecule has 2 fully saturated rings. The minimum Gasteiger partial charge on any atom is -0.472 e. The van der Waals surface area contributed by atoms with Crippen LogP contribution in [-0.2, 0) is 21.9 Å². The van der Waals surface area contributed by atoms with Gasteiger partial charge in [-0.05, 0) is 166 Å². The van der Waals surface area contributed by atoms with Gasteiger partial charge in [0.05, 0.1) is 18.8 Å². The quantitative estimate of drug-likeness (QED) is 0.0979. The first-order valence-electron chi connectivity index (χ1n) is 27.8. The van der Waals surface area contributed by atoms with Crippen molar-refractivity contribution in [1.82, 2.24) is 0 Å². The largest absolute Gasteiger partial charge is 0.472 e. The normalized spacial score (nSPS) is 19.4. The summed E-state index contributed by atoms with van der Waals surface area (Å²) >= 11 is 0. The molecule has 2 aliphatic carbocycles. The Labute approximate surface area is 454 Å². The van der Waals surface area contributed by atoms with E-state index in [1.165, 1.54) is 75.1 Å². The van der Waals surface area contributed by atoms with Gasteiger partial charge in [0.25, 0.3) is 5.91 Å². The summed E-state index contributed by atoms with van der Waals surface area (Å²) in [6.07, 6.45) is 9.93. The van der Waals surface area contributed by atoms with Crippen LogP contribution in [0, 0.1) is 11.7 Å². The molecule has 1 saturated carbocycles. The maximum Gasteiger partial charge on any atom is 0.416 e. The highest BCUT2D eigenvalue weighted by atomic mass is 19.4. The smallest absolute Gasteiger partial charge is 0.416 e. The number of nitrogens with zero attached hydrogens (tertiary/aromatic N) is 1. The van der Waals surface area contributed by atoms with Crippen LogP contribution < -0.4 is 15.0 Å². The highest BCUT2D eigenvalue weighted by Gasteiger charge is 2.45. The molecule has 0 spiro atoms. The third-order valence-corrected chi connectivity index (χ3v) is 17.3. The van der Waals surface area contributed by atoms with Crippen LogP contribution in [0.25, 0.3) is 50.2 Å². The summed E-state index contributed by atoms with van der Waals surface area (Å²) in [6.45, 7) is 9.34. The number of carbonyl (C=O) groups is 1. The van der Waals surface area contributed by atoms with E-state index in [1.54, 1.807) is 18.2 Å². The number of unbranched alkanes of at least 4 members (excludes halogenated alkanes) is 2. The van der Waals surface area contributed by atoms with Crippen molar-refractivity contribution < 1.29 is 31.8 Å². The van der Waals surface area contributed by atoms with Gasteiger partial charge >= 0.3 is 6.18 Å². The number of morpholine rings is 1. The Morgan fingerprint density at radius 1 is 0.692 bits per heavy atom. The van der Waals surface area contributed by atoms with Crippen LogP contribution in [0.15, 0.2) is 164 Å². The summed E-state index contributed by atoms with van der Waals surface area (Å²) in [5, 5.41) is 4.04. The molecule has 0 aromatic heterocycles. The molecule has 2 aliphatic heterocycles. The van der Waals surface area contributed by atoms with Gasteiger partial charge in [0.15, 0.2) is 5.60 Å². The summed E-state index contributed by atoms with van der Waals surface area (Å²) in [5.41, 5.74) is 10.9. The molecule has 12 rings (SSSR count). The summed E-state index contributed by atoms with van der Waals surface area (Å²) in [4.78, 5) is 15.8. The Bertz CT molecular complexity index is 3540. The number of halogens is 4. The number of carbonyl (C=O) groups excluding carboxylic acids is 1. The van der Waals surface area contributed by atoms with E-state index in [1.807, 2.05) is 84.9 Å². The van der Waals surface area contributed by atoms with Crippen molar-refractivity contribution in [2.45, 2.75) is 95.2 Å². The first-order chi connectivity index (χ1) is 37.8. The third-order valence-electron chi connectivity index (χ3n) is 17.3. The van der Waals surface area contributed by atoms with E-state index >= 15 is 0 Å². The van der Waals surface area contributed by atoms with E-state index in [9.17, 15) is 22.4 Å². The van der Waals surface area contributed by atoms with Crippen LogP contribution in [0.3, 0.4) is 0 Å². The molecule has 0 radical (unpaired) electrons. The molecule has 1 unspecified atom stereocenters. The molecule has 78 heavy (non-hydrogen) atoms. The van der Waals surface area contributed by atoms with Crippen LogP contribution in [0.1, 0.15) is 127 Å². The van der Waals surface area contributed by atoms with Crippen molar-refractivity contribution in [3.63, 3.8) is 0 Å². The first kappa shape index (κ1) is 51.3. The fraction of sp³-hybridized carbons (Fsp3) is 0.290. The molecule has 396 valence electrons. The Balaban J connectivity index is 0.816. The number of benzene rings is 8. The van der Waals surface area contributed by atoms with Gasteiger partial charge < -0.3 is 19.7 Å². The van der Waals surface area contributed by atoms with Crippen molar-refractivity contribution in [2.75, 3.05) is 36.5 Å². The van der Waals surface area contributed by atoms with E-state index in [0.29, 0.717) is 58.0 Å². The second-order valence-corrected chi connectivity index (χ2v) is 22.4. The van der Waals surface area contributed by atoms with E-state index < -0.39 is 28.6 Å². The molecule has 5 nitrogen and oxygen atoms in total. The molecule has 4 aliphatic rings. The zero-order chi connectivity index (χ0) is 53.8. The van der Waals surface area contributed by atoms with Crippen LogP contribution in [0.5, 0.6) is 5.75 Å². The first-order valence-corrected chi connectivity index (χ1v) is 27.8. The lowest BCUT2D eigenvalue weighted by molar-refractivity contribution is -0.137. The Morgan fingerprint density at radius 2 is 1.32 bits per heavy atom. The lowest BCUT2D eigenvalue weighted by Gasteiger charge is -2.39. The Kier molecular flexibility index (Phi) is 13.6. The predicted octanol–water partition coefficient (Wildman–Crippen LogP) is 17.9. The number of anilines is 2. The van der Waals surface area contributed by atoms with E-state index in [0.717, 1.165) is 80.8 Å². The van der Waals surface area contributed by atoms with Gasteiger partial charge in [0.1, 0.15) is 11.6 Å². The van der Waals surface area contributed by atoms with Gasteiger partial charge in [-0.3, -0.25) is 4.79 Å². The topological polar surface area (TPSA) is 50.8 Å². The van der Waals surface area contributed by atoms with Crippen LogP contribution >= 0.6 is 0 Å². The van der Waals surface area contributed by atoms with E-state index in [-0.39, 0.29) is 5.91 Å². The molecular formula is C69H64F4N2O3. The molecule has 2 heterocycles. The van der Waals surface area contributed by atoms with Gasteiger partial charge in [0, 0.05) is 57.5 Å². The highest BCUT2D eigenvalue weighted by molar-refractivity contribution is 6.09. The van der Waals surface area contributed by atoms with Crippen molar-refractivity contribution in [2.24, 2.45) is 5.92 Å². The number of hydrogen-bond acceptors (Lipinski definition) is 4. The van der Waals surface area contributed by atoms with Crippen molar-refractivity contribution in [3.05, 3.63) is 214 Å². The summed E-state index contributed by atoms with van der Waals surface area (Å²) in [6, 6.07) is 48.9. The van der Waals surface area contributed by atoms with Gasteiger partial charge in [-0.15, -0.1) is 0 Å². The fourth-order valence-corrected chi connectivity index (χ4v) is 13.0. The molecule has 1 N–H and O–H groups in total. The standard InChI is InChI=1S/C69H64F4N2O3/c1-4-5-6-7-44-8-10-45(11-9-44)46-12-14-47(15-13-46)48-16-18-50(19-17-48)66(76)74-56-30-20-49(21-31-56)51-22-35-62-61(42-51)63-58-34-27-54(69(71,72)73)43-60(58)65-59(64(63)67(62,2)3)36-37-68(78-65,52-23-28-55(70)29-24-52)53-25-32-57(33-26-53)75-38-40-77-41-39-75/h12-37,42-45H,4-11,38-41H2,1-3H3,(H,74,76). The highest BCUT2D eigenvalue weighted by Crippen LogP contribution is 2.59. The van der Waals surface area contributed by atoms with Crippen molar-refractivity contribution >= 4 is 34.1 Å². The lowest BCUT2D eigenvalue weighted by atomic mass is 9.76. The second kappa shape index (κ2) is 20.7. The van der Waals surface area contributed by atoms with Crippen LogP contribution in [0.4, 0.5) is 28.9 Å². The van der Waals surface area contributed by atoms with Gasteiger partial charge in [0.2, 0.25) is 0 Å². The summed E-state index contributed by atoms with van der Waals surface area (Å²) in [5.74, 6) is 1.24. The molecule has 1 atom stereocenters. The number of nitrogens with one attached hydrogen (secondary N) is 1. The Morgan fingerprint density at radius 3 is 1.99 bits per heavy atom. The number of hydrogen-bond donors (Lipinski definition) is 1. The predicted molar refractivity (Wildman–Crippen MR) is 307 cm³/mol. The summed E-state index contributed by atoms with van der Waals surface area (Å²) < 4.78 is 71.7. The van der Waals surface area contributed by atoms with Gasteiger partial charge in [-0.2, -0.15) is 13.2 Å². The fourth-order valence-electron chi connectivity index (χ4n) is 13.0. The second-order valence-electron chi connectivity index (χ2n) is 22.4. The molecule has 8 aromatic rings. The van der Waals surface area contributed by atoms with E-state index in [2.05, 4.69) is 73.5 Å². The van der Waals surface area contributed by atoms with Crippen LogP contribution in [0.2, 0.25) is 0 Å². The number of rotatable bonds is 12. The van der Waals surface area contributed by atoms with E-state index in [4.69, 9.17) is 9.47 Å². The number of fused-ring (bicyclic) bond motifs is 8. The third kappa shape index (κ3) is 9.58. The Hall–Kier alpha value is -7.49. The maximum atomic E-state index is 14.8. The average molecular weight is 1050 g/mol. The zero-order valence-electron chi connectivity index (χ0n) is 44.5. The molecule has 1 saturated heterocycles. The van der Waals surface area contributed by atoms with Gasteiger partial charge in [-0.25, -0.2) is 4.39 Å². The number of ether oxygens (including phenoxy) is 2. The van der Waals surface area contributed by atoms with Crippen molar-refractivity contribution in [3.8, 4) is 39.1 Å². The molecule has 8 aromatic carbocycles. The van der Waals surface area contributed by atoms with Gasteiger partial charge in [-0.1, -0.05) is 144 Å². The SMILES string of the molecule is CCCCCC1CCC(c2ccc(-c3ccc(C(=O)Nc4ccc(-c5ccc6c(c5)-c5c(c7c(c8cc(C(F)(F)F)ccc58)OC(c5ccc(F)cc5)(c5ccc(N8CCOCC8)cc5)C=C7)C6(C)C)cc4)cc3)cc2)CC1. The minimum atomic E-state index is -4.62. The van der Waals surface area contributed by atoms with Crippen molar-refractivity contribution in [1.29, 1.82) is 0 Å². The molecule has 0 bridgehead atoms. The number of amides is 1. The van der Waals surface area contributed by atoms with Crippen LogP contribution in [-0.4, -0.2) is 32.2 Å². The molecule has 1 amide bonds.